The molecule has 0 atom stereocenters. The van der Waals surface area contributed by atoms with Crippen molar-refractivity contribution >= 4 is 10.9 Å². The summed E-state index contributed by atoms with van der Waals surface area (Å²) in [5.74, 6) is 0. The van der Waals surface area contributed by atoms with Crippen molar-refractivity contribution in [3.05, 3.63) is 36.0 Å². The highest BCUT2D eigenvalue weighted by Gasteiger charge is 2.13. The fraction of sp³-hybridized carbons (Fsp3) is 0.385. The Bertz CT molecular complexity index is 480. The van der Waals surface area contributed by atoms with Gasteiger partial charge in [0.05, 0.1) is 21.1 Å². The van der Waals surface area contributed by atoms with Crippen LogP contribution in [0.1, 0.15) is 5.56 Å². The number of benzene rings is 1. The largest absolute Gasteiger partial charge is 1.00 e. The number of hydrogen-bond donors (Lipinski definition) is 0. The van der Waals surface area contributed by atoms with E-state index in [2.05, 4.69) is 63.2 Å². The number of rotatable bonds is 2. The first-order valence-electron chi connectivity index (χ1n) is 5.31. The molecule has 1 heterocycles. The number of halogens is 1. The van der Waals surface area contributed by atoms with Crippen molar-refractivity contribution < 1.29 is 28.5 Å². The number of nitrogens with zero attached hydrogens (tertiary/aromatic N) is 2. The molecule has 0 unspecified atom stereocenters. The van der Waals surface area contributed by atoms with Crippen LogP contribution in [0, 0.1) is 0 Å². The Labute approximate surface area is 114 Å². The number of quaternary nitrogens is 1. The summed E-state index contributed by atoms with van der Waals surface area (Å²) in [5, 5.41) is 1.38. The highest BCUT2D eigenvalue weighted by Crippen LogP contribution is 2.22. The van der Waals surface area contributed by atoms with Gasteiger partial charge in [-0.3, -0.25) is 0 Å². The van der Waals surface area contributed by atoms with Gasteiger partial charge in [-0.15, -0.1) is 0 Å². The average Bonchev–Trinajstić information content (AvgIpc) is 2.42. The Morgan fingerprint density at radius 2 is 1.75 bits per heavy atom. The smallest absolute Gasteiger partial charge is 0.106 e. The molecular weight excluding hydrogens is 311 g/mol. The summed E-state index contributed by atoms with van der Waals surface area (Å²) in [6.07, 6.45) is 2.24. The number of para-hydroxylation sites is 1. The highest BCUT2D eigenvalue weighted by molar-refractivity contribution is 5.83. The maximum Gasteiger partial charge on any atom is 0.106 e. The van der Waals surface area contributed by atoms with Crippen LogP contribution >= 0.6 is 0 Å². The molecule has 0 saturated heterocycles. The number of aryl methyl sites for hydroxylation is 1. The summed E-state index contributed by atoms with van der Waals surface area (Å²) in [5.41, 5.74) is 2.75. The normalized spacial score (nSPS) is 11.5. The second kappa shape index (κ2) is 4.75. The molecule has 2 rings (SSSR count). The van der Waals surface area contributed by atoms with Crippen LogP contribution in [0.2, 0.25) is 0 Å². The Balaban J connectivity index is 0.00000128. The fourth-order valence-electron chi connectivity index (χ4n) is 2.06. The van der Waals surface area contributed by atoms with E-state index in [1.165, 1.54) is 16.5 Å². The monoisotopic (exact) mass is 330 g/mol. The molecule has 1 aromatic heterocycles. The Morgan fingerprint density at radius 1 is 1.12 bits per heavy atom. The summed E-state index contributed by atoms with van der Waals surface area (Å²) in [4.78, 5) is 0. The summed E-state index contributed by atoms with van der Waals surface area (Å²) in [7, 11) is 8.78. The van der Waals surface area contributed by atoms with Crippen LogP contribution in [0.25, 0.3) is 10.9 Å². The molecule has 0 N–H and O–H groups in total. The van der Waals surface area contributed by atoms with E-state index in [4.69, 9.17) is 0 Å². The molecule has 0 fully saturated rings. The zero-order chi connectivity index (χ0) is 11.1. The zero-order valence-electron chi connectivity index (χ0n) is 10.4. The third-order valence-electron chi connectivity index (χ3n) is 2.62. The van der Waals surface area contributed by atoms with E-state index in [0.717, 1.165) is 11.0 Å². The van der Waals surface area contributed by atoms with E-state index < -0.39 is 0 Å². The van der Waals surface area contributed by atoms with Gasteiger partial charge in [0.2, 0.25) is 0 Å². The summed E-state index contributed by atoms with van der Waals surface area (Å²) in [6, 6.07) is 8.59. The van der Waals surface area contributed by atoms with Crippen molar-refractivity contribution in [3.8, 4) is 0 Å². The van der Waals surface area contributed by atoms with Gasteiger partial charge in [-0.25, -0.2) is 0 Å². The van der Waals surface area contributed by atoms with Crippen molar-refractivity contribution in [2.45, 2.75) is 6.54 Å². The first kappa shape index (κ1) is 13.5. The lowest BCUT2D eigenvalue weighted by Gasteiger charge is -2.23. The van der Waals surface area contributed by atoms with Gasteiger partial charge in [-0.05, 0) is 6.07 Å². The van der Waals surface area contributed by atoms with Crippen LogP contribution < -0.4 is 24.0 Å². The van der Waals surface area contributed by atoms with E-state index in [1.54, 1.807) is 0 Å². The van der Waals surface area contributed by atoms with E-state index in [9.17, 15) is 0 Å². The quantitative estimate of drug-likeness (QED) is 0.511. The molecule has 2 aromatic rings. The molecule has 1 aromatic carbocycles. The molecule has 0 aliphatic rings. The minimum Gasteiger partial charge on any atom is -1.00 e. The molecule has 0 bridgehead atoms. The van der Waals surface area contributed by atoms with Gasteiger partial charge < -0.3 is 33.0 Å². The molecule has 0 radical (unpaired) electrons. The highest BCUT2D eigenvalue weighted by atomic mass is 127. The Kier molecular flexibility index (Phi) is 4.02. The predicted molar refractivity (Wildman–Crippen MR) is 64.7 cm³/mol. The van der Waals surface area contributed by atoms with Crippen molar-refractivity contribution in [1.29, 1.82) is 0 Å². The van der Waals surface area contributed by atoms with Gasteiger partial charge in [-0.1, -0.05) is 18.2 Å². The second-order valence-corrected chi connectivity index (χ2v) is 5.23. The van der Waals surface area contributed by atoms with Gasteiger partial charge in [0.1, 0.15) is 6.54 Å². The predicted octanol–water partition coefficient (Wildman–Crippen LogP) is -0.611. The minimum absolute atomic E-state index is 0. The molecule has 0 aliphatic carbocycles. The first-order valence-corrected chi connectivity index (χ1v) is 5.31. The Hall–Kier alpha value is -0.550. The standard InChI is InChI=1S/C13H19N2.HI/c1-14-9-11(10-15(2,3)4)12-7-5-6-8-13(12)14;/h5-9H,10H2,1-4H3;1H/q+1;/p-1. The van der Waals surface area contributed by atoms with E-state index in [1.807, 2.05) is 0 Å². The molecule has 0 amide bonds. The van der Waals surface area contributed by atoms with Crippen molar-refractivity contribution in [3.63, 3.8) is 0 Å². The lowest BCUT2D eigenvalue weighted by molar-refractivity contribution is -0.883. The van der Waals surface area contributed by atoms with Crippen LogP contribution in [0.15, 0.2) is 30.5 Å². The maximum absolute atomic E-state index is 2.24. The first-order chi connectivity index (χ1) is 6.97. The molecule has 0 saturated carbocycles. The molecular formula is C13H19IN2. The van der Waals surface area contributed by atoms with E-state index >= 15 is 0 Å². The molecule has 2 nitrogen and oxygen atoms in total. The van der Waals surface area contributed by atoms with Gasteiger partial charge in [-0.2, -0.15) is 0 Å². The summed E-state index contributed by atoms with van der Waals surface area (Å²) < 4.78 is 3.17. The number of fused-ring (bicyclic) bond motifs is 1. The fourth-order valence-corrected chi connectivity index (χ4v) is 2.06. The SMILES string of the molecule is Cn1cc(C[N+](C)(C)C)c2ccccc21.[I-]. The van der Waals surface area contributed by atoms with E-state index in [0.29, 0.717) is 0 Å². The van der Waals surface area contributed by atoms with Crippen LogP contribution in [0.3, 0.4) is 0 Å². The van der Waals surface area contributed by atoms with Crippen molar-refractivity contribution in [1.82, 2.24) is 4.57 Å². The average molecular weight is 330 g/mol. The molecule has 0 spiro atoms. The lowest BCUT2D eigenvalue weighted by atomic mass is 10.1. The molecule has 88 valence electrons. The summed E-state index contributed by atoms with van der Waals surface area (Å²) >= 11 is 0. The van der Waals surface area contributed by atoms with E-state index in [-0.39, 0.29) is 24.0 Å². The number of hydrogen-bond acceptors (Lipinski definition) is 0. The summed E-state index contributed by atoms with van der Waals surface area (Å²) in [6.45, 7) is 1.07. The van der Waals surface area contributed by atoms with Crippen molar-refractivity contribution in [2.24, 2.45) is 7.05 Å². The molecule has 0 aliphatic heterocycles. The van der Waals surface area contributed by atoms with Gasteiger partial charge in [0, 0.05) is 29.7 Å². The lowest BCUT2D eigenvalue weighted by Crippen LogP contribution is -3.00. The maximum atomic E-state index is 2.24. The van der Waals surface area contributed by atoms with Crippen LogP contribution in [0.4, 0.5) is 0 Å². The van der Waals surface area contributed by atoms with Gasteiger partial charge >= 0.3 is 0 Å². The Morgan fingerprint density at radius 3 is 2.38 bits per heavy atom. The minimum atomic E-state index is 0. The zero-order valence-corrected chi connectivity index (χ0v) is 12.5. The van der Waals surface area contributed by atoms with Gasteiger partial charge in [0.15, 0.2) is 0 Å². The van der Waals surface area contributed by atoms with Crippen LogP contribution in [0.5, 0.6) is 0 Å². The van der Waals surface area contributed by atoms with Crippen molar-refractivity contribution in [2.75, 3.05) is 21.1 Å². The van der Waals surface area contributed by atoms with Crippen LogP contribution in [-0.2, 0) is 13.6 Å². The topological polar surface area (TPSA) is 4.93 Å². The second-order valence-electron chi connectivity index (χ2n) is 5.23. The molecule has 3 heteroatoms. The molecule has 16 heavy (non-hydrogen) atoms. The number of aromatic nitrogens is 1. The third kappa shape index (κ3) is 2.77. The van der Waals surface area contributed by atoms with Crippen LogP contribution in [-0.4, -0.2) is 30.2 Å². The van der Waals surface area contributed by atoms with Gasteiger partial charge in [0.25, 0.3) is 0 Å². The third-order valence-corrected chi connectivity index (χ3v) is 2.62.